The van der Waals surface area contributed by atoms with Crippen molar-refractivity contribution in [2.45, 2.75) is 51.7 Å². The van der Waals surface area contributed by atoms with Crippen LogP contribution in [0.25, 0.3) is 17.0 Å². The summed E-state index contributed by atoms with van der Waals surface area (Å²) in [6.07, 6.45) is -1.75. The van der Waals surface area contributed by atoms with Gasteiger partial charge < -0.3 is 29.3 Å². The van der Waals surface area contributed by atoms with E-state index < -0.39 is 17.9 Å². The number of hydrogen-bond donors (Lipinski definition) is 1. The average Bonchev–Trinajstić information content (AvgIpc) is 3.33. The van der Waals surface area contributed by atoms with Crippen LogP contribution in [0.5, 0.6) is 5.75 Å². The van der Waals surface area contributed by atoms with Gasteiger partial charge in [-0.25, -0.2) is 18.6 Å². The van der Waals surface area contributed by atoms with Gasteiger partial charge in [0.05, 0.1) is 25.8 Å². The summed E-state index contributed by atoms with van der Waals surface area (Å²) in [6, 6.07) is 4.85. The number of amides is 1. The smallest absolute Gasteiger partial charge is 0.410 e. The standard InChI is InChI=1S/C26H34F2N8O4/c1-26(2,3)40-25(37)35-10-6-7-16(15-35)29-22-31-23(34-11-13-39-14-12-34)33-24(32-22)36-17-8-5-9-18(38-4)19(17)30-21(36)20(27)28/h5,8-9,16,20H,6-7,10-15H2,1-4H3,(H,29,31,32,33)/t16-/m0/s1. The topological polar surface area (TPSA) is 120 Å². The van der Waals surface area contributed by atoms with Crippen LogP contribution in [0.15, 0.2) is 18.2 Å². The number of likely N-dealkylation sites (tertiary alicyclic amines) is 1. The van der Waals surface area contributed by atoms with Crippen LogP contribution < -0.4 is 15.0 Å². The quantitative estimate of drug-likeness (QED) is 0.477. The Morgan fingerprint density at radius 1 is 1.10 bits per heavy atom. The van der Waals surface area contributed by atoms with E-state index in [1.54, 1.807) is 23.1 Å². The van der Waals surface area contributed by atoms with Gasteiger partial charge >= 0.3 is 6.09 Å². The van der Waals surface area contributed by atoms with E-state index in [-0.39, 0.29) is 29.5 Å². The van der Waals surface area contributed by atoms with Crippen molar-refractivity contribution in [1.29, 1.82) is 0 Å². The number of ether oxygens (including phenoxy) is 3. The molecule has 0 aliphatic carbocycles. The highest BCUT2D eigenvalue weighted by Crippen LogP contribution is 2.32. The van der Waals surface area contributed by atoms with Crippen molar-refractivity contribution in [3.63, 3.8) is 0 Å². The predicted molar refractivity (Wildman–Crippen MR) is 143 cm³/mol. The van der Waals surface area contributed by atoms with Crippen LogP contribution in [0.1, 0.15) is 45.9 Å². The molecule has 4 heterocycles. The molecule has 0 saturated carbocycles. The van der Waals surface area contributed by atoms with Gasteiger partial charge in [-0.2, -0.15) is 15.0 Å². The molecule has 1 aromatic carbocycles. The first-order valence-corrected chi connectivity index (χ1v) is 13.3. The highest BCUT2D eigenvalue weighted by Gasteiger charge is 2.30. The monoisotopic (exact) mass is 560 g/mol. The highest BCUT2D eigenvalue weighted by molar-refractivity contribution is 5.84. The number of imidazole rings is 1. The third kappa shape index (κ3) is 6.01. The molecule has 0 unspecified atom stereocenters. The molecule has 0 bridgehead atoms. The van der Waals surface area contributed by atoms with Crippen molar-refractivity contribution < 1.29 is 27.8 Å². The van der Waals surface area contributed by atoms with Crippen LogP contribution in [0.2, 0.25) is 0 Å². The van der Waals surface area contributed by atoms with Crippen LogP contribution in [0.4, 0.5) is 25.5 Å². The lowest BCUT2D eigenvalue weighted by Gasteiger charge is -2.34. The van der Waals surface area contributed by atoms with E-state index in [9.17, 15) is 13.6 Å². The molecule has 14 heteroatoms. The van der Waals surface area contributed by atoms with E-state index in [1.807, 2.05) is 25.7 Å². The molecule has 5 rings (SSSR count). The highest BCUT2D eigenvalue weighted by atomic mass is 19.3. The summed E-state index contributed by atoms with van der Waals surface area (Å²) in [5, 5.41) is 3.31. The lowest BCUT2D eigenvalue weighted by atomic mass is 10.1. The molecule has 3 aromatic rings. The van der Waals surface area contributed by atoms with Gasteiger partial charge in [0, 0.05) is 32.2 Å². The van der Waals surface area contributed by atoms with Gasteiger partial charge in [0.2, 0.25) is 17.8 Å². The number of halogens is 2. The minimum Gasteiger partial charge on any atom is -0.494 e. The zero-order valence-electron chi connectivity index (χ0n) is 23.1. The zero-order chi connectivity index (χ0) is 28.4. The van der Waals surface area contributed by atoms with Crippen molar-refractivity contribution in [1.82, 2.24) is 29.4 Å². The number of aromatic nitrogens is 5. The summed E-state index contributed by atoms with van der Waals surface area (Å²) in [6.45, 7) is 8.51. The fourth-order valence-electron chi connectivity index (χ4n) is 4.81. The minimum atomic E-state index is -2.89. The Bertz CT molecular complexity index is 1360. The van der Waals surface area contributed by atoms with E-state index in [0.717, 1.165) is 12.8 Å². The molecular weight excluding hydrogens is 526 g/mol. The Kier molecular flexibility index (Phi) is 7.88. The fraction of sp³-hybridized carbons (Fsp3) is 0.577. The second-order valence-electron chi connectivity index (χ2n) is 10.7. The number of nitrogens with one attached hydrogen (secondary N) is 1. The normalized spacial score (nSPS) is 18.3. The van der Waals surface area contributed by atoms with E-state index >= 15 is 0 Å². The van der Waals surface area contributed by atoms with E-state index in [1.165, 1.54) is 11.7 Å². The van der Waals surface area contributed by atoms with Gasteiger partial charge in [0.1, 0.15) is 16.9 Å². The number of hydrogen-bond acceptors (Lipinski definition) is 10. The van der Waals surface area contributed by atoms with Gasteiger partial charge in [-0.05, 0) is 45.7 Å². The summed E-state index contributed by atoms with van der Waals surface area (Å²) >= 11 is 0. The molecule has 1 N–H and O–H groups in total. The van der Waals surface area contributed by atoms with Crippen molar-refractivity contribution in [2.24, 2.45) is 0 Å². The van der Waals surface area contributed by atoms with Crippen LogP contribution in [0.3, 0.4) is 0 Å². The number of nitrogens with zero attached hydrogens (tertiary/aromatic N) is 7. The number of carbonyl (C=O) groups excluding carboxylic acids is 1. The number of methoxy groups -OCH3 is 1. The molecule has 12 nitrogen and oxygen atoms in total. The second-order valence-corrected chi connectivity index (χ2v) is 10.7. The first kappa shape index (κ1) is 27.7. The van der Waals surface area contributed by atoms with Gasteiger partial charge in [0.15, 0.2) is 5.82 Å². The number of anilines is 2. The van der Waals surface area contributed by atoms with E-state index in [2.05, 4.69) is 25.3 Å². The molecule has 2 aromatic heterocycles. The molecule has 2 fully saturated rings. The lowest BCUT2D eigenvalue weighted by molar-refractivity contribution is 0.0206. The molecule has 2 saturated heterocycles. The number of piperidine rings is 1. The first-order valence-electron chi connectivity index (χ1n) is 13.3. The molecule has 2 aliphatic heterocycles. The number of carbonyl (C=O) groups is 1. The largest absolute Gasteiger partial charge is 0.494 e. The third-order valence-electron chi connectivity index (χ3n) is 6.60. The zero-order valence-corrected chi connectivity index (χ0v) is 23.1. The Balaban J connectivity index is 1.52. The minimum absolute atomic E-state index is 0.00449. The summed E-state index contributed by atoms with van der Waals surface area (Å²) in [4.78, 5) is 34.2. The number of rotatable bonds is 6. The van der Waals surface area contributed by atoms with Crippen LogP contribution in [-0.4, -0.2) is 93.6 Å². The molecule has 1 atom stereocenters. The van der Waals surface area contributed by atoms with Crippen molar-refractivity contribution >= 4 is 29.0 Å². The predicted octanol–water partition coefficient (Wildman–Crippen LogP) is 3.80. The molecule has 2 aliphatic rings. The Labute approximate surface area is 230 Å². The Hall–Kier alpha value is -3.81. The molecule has 1 amide bonds. The molecule has 40 heavy (non-hydrogen) atoms. The number of alkyl halides is 2. The molecule has 0 spiro atoms. The van der Waals surface area contributed by atoms with Crippen LogP contribution in [0, 0.1) is 0 Å². The maximum absolute atomic E-state index is 14.3. The average molecular weight is 561 g/mol. The summed E-state index contributed by atoms with van der Waals surface area (Å²) in [7, 11) is 1.46. The van der Waals surface area contributed by atoms with E-state index in [4.69, 9.17) is 14.2 Å². The van der Waals surface area contributed by atoms with Crippen molar-refractivity contribution in [3.05, 3.63) is 24.0 Å². The number of benzene rings is 1. The third-order valence-corrected chi connectivity index (χ3v) is 6.60. The van der Waals surface area contributed by atoms with Gasteiger partial charge in [0.25, 0.3) is 6.43 Å². The number of morpholine rings is 1. The molecule has 0 radical (unpaired) electrons. The van der Waals surface area contributed by atoms with Crippen molar-refractivity contribution in [2.75, 3.05) is 56.7 Å². The summed E-state index contributed by atoms with van der Waals surface area (Å²) < 4.78 is 46.2. The van der Waals surface area contributed by atoms with Crippen LogP contribution >= 0.6 is 0 Å². The summed E-state index contributed by atoms with van der Waals surface area (Å²) in [5.41, 5.74) is 0.0589. The molecule has 216 valence electrons. The molecular formula is C26H34F2N8O4. The van der Waals surface area contributed by atoms with Gasteiger partial charge in [-0.15, -0.1) is 0 Å². The maximum Gasteiger partial charge on any atom is 0.410 e. The van der Waals surface area contributed by atoms with Crippen LogP contribution in [-0.2, 0) is 9.47 Å². The summed E-state index contributed by atoms with van der Waals surface area (Å²) in [5.74, 6) is 0.416. The van der Waals surface area contributed by atoms with Gasteiger partial charge in [-0.3, -0.25) is 4.57 Å². The maximum atomic E-state index is 14.3. The van der Waals surface area contributed by atoms with Gasteiger partial charge in [-0.1, -0.05) is 6.07 Å². The lowest BCUT2D eigenvalue weighted by Crippen LogP contribution is -2.47. The second kappa shape index (κ2) is 11.4. The number of fused-ring (bicyclic) bond motifs is 1. The first-order chi connectivity index (χ1) is 19.1. The van der Waals surface area contributed by atoms with Crippen molar-refractivity contribution in [3.8, 4) is 11.7 Å². The fourth-order valence-corrected chi connectivity index (χ4v) is 4.81. The Morgan fingerprint density at radius 2 is 1.85 bits per heavy atom. The number of para-hydroxylation sites is 1. The Morgan fingerprint density at radius 3 is 2.55 bits per heavy atom. The van der Waals surface area contributed by atoms with E-state index in [0.29, 0.717) is 56.6 Å². The SMILES string of the molecule is COc1cccc2c1nc(C(F)F)n2-c1nc(N[C@H]2CCCN(C(=O)OC(C)(C)C)C2)nc(N2CCOCC2)n1.